The zero-order valence-electron chi connectivity index (χ0n) is 13.0. The van der Waals surface area contributed by atoms with Crippen LogP contribution in [0.5, 0.6) is 0 Å². The molecule has 2 rings (SSSR count). The highest BCUT2D eigenvalue weighted by atomic mass is 16.7. The molecule has 0 aromatic carbocycles. The van der Waals surface area contributed by atoms with Crippen molar-refractivity contribution in [2.45, 2.75) is 58.7 Å². The molecule has 0 spiro atoms. The summed E-state index contributed by atoms with van der Waals surface area (Å²) in [5.41, 5.74) is 1.55. The monoisotopic (exact) mass is 272 g/mol. The van der Waals surface area contributed by atoms with Crippen molar-refractivity contribution in [3.8, 4) is 6.07 Å². The van der Waals surface area contributed by atoms with Crippen molar-refractivity contribution in [1.82, 2.24) is 4.98 Å². The van der Waals surface area contributed by atoms with Gasteiger partial charge in [0.05, 0.1) is 22.4 Å². The second-order valence-corrected chi connectivity index (χ2v) is 6.55. The molecule has 20 heavy (non-hydrogen) atoms. The van der Waals surface area contributed by atoms with Crippen molar-refractivity contribution >= 4 is 12.7 Å². The third-order valence-corrected chi connectivity index (χ3v) is 4.19. The summed E-state index contributed by atoms with van der Waals surface area (Å²) in [5, 5.41) is 9.14. The fourth-order valence-corrected chi connectivity index (χ4v) is 2.15. The van der Waals surface area contributed by atoms with E-state index in [4.69, 9.17) is 14.6 Å². The van der Waals surface area contributed by atoms with Gasteiger partial charge in [0.15, 0.2) is 0 Å². The first kappa shape index (κ1) is 15.0. The fourth-order valence-electron chi connectivity index (χ4n) is 2.15. The quantitative estimate of drug-likeness (QED) is 0.775. The summed E-state index contributed by atoms with van der Waals surface area (Å²) in [6.07, 6.45) is 1.61. The average Bonchev–Trinajstić information content (AvgIpc) is 2.57. The Bertz CT molecular complexity index is 545. The Balaban J connectivity index is 2.37. The summed E-state index contributed by atoms with van der Waals surface area (Å²) in [7, 11) is -0.481. The molecule has 1 aromatic rings. The van der Waals surface area contributed by atoms with Crippen LogP contribution in [-0.2, 0) is 9.31 Å². The van der Waals surface area contributed by atoms with Gasteiger partial charge in [0.25, 0.3) is 0 Å². The fraction of sp³-hybridized carbons (Fsp3) is 0.600. The van der Waals surface area contributed by atoms with Gasteiger partial charge in [-0.3, -0.25) is 4.98 Å². The molecule has 0 N–H and O–H groups in total. The minimum Gasteiger partial charge on any atom is -0.398 e. The van der Waals surface area contributed by atoms with Gasteiger partial charge in [0, 0.05) is 6.20 Å². The molecule has 0 bridgehead atoms. The van der Waals surface area contributed by atoms with Crippen molar-refractivity contribution in [3.63, 3.8) is 0 Å². The Hall–Kier alpha value is -1.38. The summed E-state index contributed by atoms with van der Waals surface area (Å²) in [6, 6.07) is 4.11. The number of hydrogen-bond acceptors (Lipinski definition) is 4. The third-order valence-electron chi connectivity index (χ3n) is 4.19. The van der Waals surface area contributed by atoms with Gasteiger partial charge >= 0.3 is 7.12 Å². The topological polar surface area (TPSA) is 55.1 Å². The molecule has 0 amide bonds. The first-order chi connectivity index (χ1) is 9.18. The predicted molar refractivity (Wildman–Crippen MR) is 78.8 cm³/mol. The molecule has 0 radical (unpaired) electrons. The summed E-state index contributed by atoms with van der Waals surface area (Å²) in [4.78, 5) is 4.33. The number of hydrogen-bond donors (Lipinski definition) is 0. The number of rotatable bonds is 2. The van der Waals surface area contributed by atoms with Gasteiger partial charge in [-0.05, 0) is 45.2 Å². The largest absolute Gasteiger partial charge is 0.514 e. The molecule has 0 unspecified atom stereocenters. The Morgan fingerprint density at radius 3 is 2.20 bits per heavy atom. The maximum atomic E-state index is 9.14. The molecule has 1 aliphatic rings. The summed E-state index contributed by atoms with van der Waals surface area (Å²) in [5.74, 6) is 0.258. The van der Waals surface area contributed by atoms with Crippen LogP contribution in [0.4, 0.5) is 0 Å². The molecule has 1 aliphatic heterocycles. The first-order valence-corrected chi connectivity index (χ1v) is 6.93. The van der Waals surface area contributed by atoms with Crippen molar-refractivity contribution in [2.75, 3.05) is 0 Å². The van der Waals surface area contributed by atoms with Crippen molar-refractivity contribution < 1.29 is 9.31 Å². The lowest BCUT2D eigenvalue weighted by atomic mass is 9.81. The van der Waals surface area contributed by atoms with Crippen LogP contribution in [0.1, 0.15) is 58.6 Å². The smallest absolute Gasteiger partial charge is 0.398 e. The van der Waals surface area contributed by atoms with Gasteiger partial charge in [-0.25, -0.2) is 0 Å². The molecule has 4 nitrogen and oxygen atoms in total. The molecule has 0 saturated carbocycles. The standard InChI is InChI=1S/C15H21BN2O2/c1-10(2)12-7-13(18-9-11(12)8-17)16-19-14(3,4)15(5,6)20-16/h7,9-10H,1-6H3. The third kappa shape index (κ3) is 2.46. The first-order valence-electron chi connectivity index (χ1n) is 6.93. The van der Waals surface area contributed by atoms with Crippen LogP contribution in [0.2, 0.25) is 0 Å². The minimum absolute atomic E-state index is 0.258. The number of nitrogens with zero attached hydrogens (tertiary/aromatic N) is 2. The lowest BCUT2D eigenvalue weighted by Crippen LogP contribution is -2.41. The SMILES string of the molecule is CC(C)c1cc(B2OC(C)(C)C(C)(C)O2)ncc1C#N. The van der Waals surface area contributed by atoms with Gasteiger partial charge in [-0.2, -0.15) is 5.26 Å². The van der Waals surface area contributed by atoms with Gasteiger partial charge < -0.3 is 9.31 Å². The highest BCUT2D eigenvalue weighted by Gasteiger charge is 2.52. The molecule has 1 fully saturated rings. The van der Waals surface area contributed by atoms with E-state index in [1.165, 1.54) is 0 Å². The lowest BCUT2D eigenvalue weighted by Gasteiger charge is -2.32. The maximum Gasteiger partial charge on any atom is 0.514 e. The van der Waals surface area contributed by atoms with E-state index >= 15 is 0 Å². The Labute approximate surface area is 121 Å². The van der Waals surface area contributed by atoms with Crippen LogP contribution in [0.3, 0.4) is 0 Å². The zero-order chi connectivity index (χ0) is 15.1. The van der Waals surface area contributed by atoms with E-state index in [9.17, 15) is 0 Å². The van der Waals surface area contributed by atoms with Crippen LogP contribution < -0.4 is 5.59 Å². The van der Waals surface area contributed by atoms with Crippen LogP contribution in [0, 0.1) is 11.3 Å². The van der Waals surface area contributed by atoms with E-state index in [2.05, 4.69) is 24.9 Å². The highest BCUT2D eigenvalue weighted by molar-refractivity contribution is 6.61. The Morgan fingerprint density at radius 1 is 1.20 bits per heavy atom. The molecular weight excluding hydrogens is 251 g/mol. The number of nitriles is 1. The summed E-state index contributed by atoms with van der Waals surface area (Å²) in [6.45, 7) is 12.2. The molecule has 0 atom stereocenters. The molecule has 1 aromatic heterocycles. The second-order valence-electron chi connectivity index (χ2n) is 6.55. The lowest BCUT2D eigenvalue weighted by molar-refractivity contribution is 0.00578. The van der Waals surface area contributed by atoms with Crippen LogP contribution in [0.15, 0.2) is 12.3 Å². The molecular formula is C15H21BN2O2. The maximum absolute atomic E-state index is 9.14. The van der Waals surface area contributed by atoms with E-state index in [1.807, 2.05) is 33.8 Å². The van der Waals surface area contributed by atoms with Crippen molar-refractivity contribution in [1.29, 1.82) is 5.26 Å². The molecule has 106 valence electrons. The molecule has 2 heterocycles. The minimum atomic E-state index is -0.481. The van der Waals surface area contributed by atoms with E-state index in [0.29, 0.717) is 5.56 Å². The number of pyridine rings is 1. The predicted octanol–water partition coefficient (Wildman–Crippen LogP) is 2.38. The van der Waals surface area contributed by atoms with E-state index in [0.717, 1.165) is 11.2 Å². The van der Waals surface area contributed by atoms with Gasteiger partial charge in [0.1, 0.15) is 6.07 Å². The van der Waals surface area contributed by atoms with E-state index in [-0.39, 0.29) is 17.1 Å². The normalized spacial score (nSPS) is 20.2. The highest BCUT2D eigenvalue weighted by Crippen LogP contribution is 2.36. The van der Waals surface area contributed by atoms with Crippen molar-refractivity contribution in [3.05, 3.63) is 23.4 Å². The van der Waals surface area contributed by atoms with Gasteiger partial charge in [-0.1, -0.05) is 13.8 Å². The van der Waals surface area contributed by atoms with Crippen LogP contribution in [-0.4, -0.2) is 23.3 Å². The van der Waals surface area contributed by atoms with E-state index in [1.54, 1.807) is 6.20 Å². The van der Waals surface area contributed by atoms with Crippen LogP contribution in [0.25, 0.3) is 0 Å². The summed E-state index contributed by atoms with van der Waals surface area (Å²) >= 11 is 0. The molecule has 1 saturated heterocycles. The Kier molecular flexibility index (Phi) is 3.66. The van der Waals surface area contributed by atoms with Crippen molar-refractivity contribution in [2.24, 2.45) is 0 Å². The number of aromatic nitrogens is 1. The van der Waals surface area contributed by atoms with Gasteiger partial charge in [0.2, 0.25) is 0 Å². The molecule has 0 aliphatic carbocycles. The Morgan fingerprint density at radius 2 is 1.75 bits per heavy atom. The van der Waals surface area contributed by atoms with E-state index < -0.39 is 7.12 Å². The zero-order valence-corrected chi connectivity index (χ0v) is 13.0. The summed E-state index contributed by atoms with van der Waals surface area (Å²) < 4.78 is 12.0. The molecule has 5 heteroatoms. The van der Waals surface area contributed by atoms with Crippen LogP contribution >= 0.6 is 0 Å². The second kappa shape index (κ2) is 4.87. The average molecular weight is 272 g/mol. The van der Waals surface area contributed by atoms with Gasteiger partial charge in [-0.15, -0.1) is 0 Å².